The van der Waals surface area contributed by atoms with E-state index in [1.807, 2.05) is 12.1 Å². The highest BCUT2D eigenvalue weighted by Crippen LogP contribution is 2.32. The van der Waals surface area contributed by atoms with Crippen molar-refractivity contribution in [2.45, 2.75) is 25.5 Å². The molecule has 0 aliphatic carbocycles. The number of hydrogen-bond acceptors (Lipinski definition) is 5. The Morgan fingerprint density at radius 2 is 2.13 bits per heavy atom. The van der Waals surface area contributed by atoms with Crippen molar-refractivity contribution in [1.82, 2.24) is 19.1 Å². The highest BCUT2D eigenvalue weighted by Gasteiger charge is 2.24. The molecule has 0 amide bonds. The first-order chi connectivity index (χ1) is 15.1. The molecule has 0 spiro atoms. The zero-order valence-corrected chi connectivity index (χ0v) is 17.5. The average molecular weight is 422 g/mol. The zero-order valence-electron chi connectivity index (χ0n) is 17.5. The number of aromatic nitrogens is 4. The van der Waals surface area contributed by atoms with Crippen LogP contribution in [0.25, 0.3) is 33.1 Å². The third-order valence-electron chi connectivity index (χ3n) is 5.93. The van der Waals surface area contributed by atoms with Crippen LogP contribution in [-0.2, 0) is 23.1 Å². The summed E-state index contributed by atoms with van der Waals surface area (Å²) in [5.74, 6) is -0.383. The van der Waals surface area contributed by atoms with E-state index < -0.39 is 0 Å². The molecule has 1 saturated heterocycles. The Balaban J connectivity index is 1.75. The van der Waals surface area contributed by atoms with Crippen molar-refractivity contribution in [3.63, 3.8) is 0 Å². The molecular formula is C23H23FN4O3. The molecule has 31 heavy (non-hydrogen) atoms. The number of imidazole rings is 1. The van der Waals surface area contributed by atoms with Crippen molar-refractivity contribution >= 4 is 21.9 Å². The molecule has 0 radical (unpaired) electrons. The first-order valence-electron chi connectivity index (χ1n) is 10.3. The highest BCUT2D eigenvalue weighted by molar-refractivity contribution is 6.04. The molecule has 7 nitrogen and oxygen atoms in total. The van der Waals surface area contributed by atoms with Crippen LogP contribution in [0.15, 0.2) is 41.5 Å². The van der Waals surface area contributed by atoms with Crippen LogP contribution in [0, 0.1) is 5.82 Å². The van der Waals surface area contributed by atoms with E-state index in [1.165, 1.54) is 6.07 Å². The SMILES string of the molecule is COCc1ccc(-c2cc3c(cc2F)ncc2c3n([C@H]3CCCOC3)c(=O)n2C)cn1. The smallest absolute Gasteiger partial charge is 0.329 e. The van der Waals surface area contributed by atoms with Gasteiger partial charge in [-0.2, -0.15) is 0 Å². The van der Waals surface area contributed by atoms with Crippen molar-refractivity contribution in [1.29, 1.82) is 0 Å². The fourth-order valence-electron chi connectivity index (χ4n) is 4.35. The normalized spacial score (nSPS) is 16.9. The summed E-state index contributed by atoms with van der Waals surface area (Å²) < 4.78 is 29.1. The standard InChI is InChI=1S/C23H23FN4O3/c1-27-21-11-26-20-9-19(24)17(14-5-6-15(12-30-2)25-10-14)8-18(20)22(21)28(23(27)29)16-4-3-7-31-13-16/h5-6,8-11,16H,3-4,7,12-13H2,1-2H3/t16-/m0/s1. The van der Waals surface area contributed by atoms with Crippen molar-refractivity contribution < 1.29 is 13.9 Å². The molecule has 0 unspecified atom stereocenters. The van der Waals surface area contributed by atoms with Crippen LogP contribution in [0.4, 0.5) is 4.39 Å². The largest absolute Gasteiger partial charge is 0.379 e. The fraction of sp³-hybridized carbons (Fsp3) is 0.348. The van der Waals surface area contributed by atoms with Crippen LogP contribution in [-0.4, -0.2) is 39.4 Å². The van der Waals surface area contributed by atoms with Crippen LogP contribution in [0.5, 0.6) is 0 Å². The van der Waals surface area contributed by atoms with Crippen molar-refractivity contribution in [3.8, 4) is 11.1 Å². The maximum atomic E-state index is 15.0. The van der Waals surface area contributed by atoms with Gasteiger partial charge in [-0.15, -0.1) is 0 Å². The van der Waals surface area contributed by atoms with Crippen LogP contribution >= 0.6 is 0 Å². The van der Waals surface area contributed by atoms with E-state index in [9.17, 15) is 4.79 Å². The Bertz CT molecular complexity index is 1320. The van der Waals surface area contributed by atoms with E-state index in [0.29, 0.717) is 42.0 Å². The number of benzene rings is 1. The molecule has 1 fully saturated rings. The van der Waals surface area contributed by atoms with Crippen LogP contribution in [0.2, 0.25) is 0 Å². The summed E-state index contributed by atoms with van der Waals surface area (Å²) in [6, 6.07) is 6.78. The lowest BCUT2D eigenvalue weighted by Crippen LogP contribution is -2.31. The lowest BCUT2D eigenvalue weighted by Gasteiger charge is -2.23. The summed E-state index contributed by atoms with van der Waals surface area (Å²) in [4.78, 5) is 21.9. The quantitative estimate of drug-likeness (QED) is 0.503. The first kappa shape index (κ1) is 19.8. The predicted molar refractivity (Wildman–Crippen MR) is 115 cm³/mol. The molecule has 160 valence electrons. The molecule has 0 bridgehead atoms. The average Bonchev–Trinajstić information content (AvgIpc) is 3.05. The fourth-order valence-corrected chi connectivity index (χ4v) is 4.35. The van der Waals surface area contributed by atoms with Crippen LogP contribution in [0.1, 0.15) is 24.6 Å². The predicted octanol–water partition coefficient (Wildman–Crippen LogP) is 3.59. The molecule has 4 heterocycles. The first-order valence-corrected chi connectivity index (χ1v) is 10.3. The van der Waals surface area contributed by atoms with Gasteiger partial charge in [0.2, 0.25) is 0 Å². The molecule has 8 heteroatoms. The molecule has 0 saturated carbocycles. The number of fused-ring (bicyclic) bond motifs is 3. The Morgan fingerprint density at radius 3 is 2.84 bits per heavy atom. The summed E-state index contributed by atoms with van der Waals surface area (Å²) in [6.45, 7) is 1.59. The van der Waals surface area contributed by atoms with Crippen LogP contribution < -0.4 is 5.69 Å². The number of halogens is 1. The Kier molecular flexibility index (Phi) is 5.03. The van der Waals surface area contributed by atoms with E-state index >= 15 is 4.39 Å². The number of rotatable bonds is 4. The van der Waals surface area contributed by atoms with Crippen molar-refractivity contribution in [3.05, 3.63) is 58.7 Å². The number of hydrogen-bond donors (Lipinski definition) is 0. The van der Waals surface area contributed by atoms with E-state index in [4.69, 9.17) is 9.47 Å². The second kappa shape index (κ2) is 7.86. The van der Waals surface area contributed by atoms with Crippen molar-refractivity contribution in [2.75, 3.05) is 20.3 Å². The van der Waals surface area contributed by atoms with Gasteiger partial charge in [0.1, 0.15) is 5.82 Å². The molecule has 1 atom stereocenters. The van der Waals surface area contributed by atoms with E-state index in [1.54, 1.807) is 41.8 Å². The van der Waals surface area contributed by atoms with Gasteiger partial charge in [0.15, 0.2) is 0 Å². The molecule has 0 N–H and O–H groups in total. The Morgan fingerprint density at radius 1 is 1.26 bits per heavy atom. The maximum absolute atomic E-state index is 15.0. The number of methoxy groups -OCH3 is 1. The minimum absolute atomic E-state index is 0.0564. The second-order valence-corrected chi connectivity index (χ2v) is 7.90. The van der Waals surface area contributed by atoms with Crippen LogP contribution in [0.3, 0.4) is 0 Å². The third kappa shape index (κ3) is 3.32. The molecule has 3 aromatic heterocycles. The van der Waals surface area contributed by atoms with Gasteiger partial charge in [-0.05, 0) is 25.0 Å². The summed E-state index contributed by atoms with van der Waals surface area (Å²) in [5, 5.41) is 0.734. The van der Waals surface area contributed by atoms with Gasteiger partial charge in [0.25, 0.3) is 0 Å². The van der Waals surface area contributed by atoms with E-state index in [2.05, 4.69) is 9.97 Å². The third-order valence-corrected chi connectivity index (χ3v) is 5.93. The molecule has 4 aromatic rings. The zero-order chi connectivity index (χ0) is 21.5. The molecular weight excluding hydrogens is 399 g/mol. The number of nitrogens with zero attached hydrogens (tertiary/aromatic N) is 4. The summed E-state index contributed by atoms with van der Waals surface area (Å²) >= 11 is 0. The van der Waals surface area contributed by atoms with Gasteiger partial charge in [-0.25, -0.2) is 9.18 Å². The van der Waals surface area contributed by atoms with Crippen molar-refractivity contribution in [2.24, 2.45) is 7.05 Å². The van der Waals surface area contributed by atoms with E-state index in [-0.39, 0.29) is 17.5 Å². The number of pyridine rings is 2. The van der Waals surface area contributed by atoms with Gasteiger partial charge >= 0.3 is 5.69 Å². The summed E-state index contributed by atoms with van der Waals surface area (Å²) in [5.41, 5.74) is 3.71. The maximum Gasteiger partial charge on any atom is 0.329 e. The molecule has 1 aromatic carbocycles. The summed E-state index contributed by atoms with van der Waals surface area (Å²) in [7, 11) is 3.34. The minimum Gasteiger partial charge on any atom is -0.379 e. The monoisotopic (exact) mass is 422 g/mol. The Labute approximate surface area is 178 Å². The van der Waals surface area contributed by atoms with E-state index in [0.717, 1.165) is 29.4 Å². The highest BCUT2D eigenvalue weighted by atomic mass is 19.1. The minimum atomic E-state index is -0.383. The van der Waals surface area contributed by atoms with Gasteiger partial charge in [0.05, 0.1) is 47.7 Å². The van der Waals surface area contributed by atoms with Gasteiger partial charge in [0, 0.05) is 49.5 Å². The van der Waals surface area contributed by atoms with Gasteiger partial charge in [-0.3, -0.25) is 19.1 Å². The van der Waals surface area contributed by atoms with Gasteiger partial charge in [-0.1, -0.05) is 6.07 Å². The lowest BCUT2D eigenvalue weighted by molar-refractivity contribution is 0.0593. The second-order valence-electron chi connectivity index (χ2n) is 7.90. The molecule has 1 aliphatic heterocycles. The Hall–Kier alpha value is -3.10. The van der Waals surface area contributed by atoms with Gasteiger partial charge < -0.3 is 9.47 Å². The topological polar surface area (TPSA) is 71.2 Å². The number of ether oxygens (including phenoxy) is 2. The lowest BCUT2D eigenvalue weighted by atomic mass is 10.0. The molecule has 5 rings (SSSR count). The number of aryl methyl sites for hydroxylation is 1. The molecule has 1 aliphatic rings. The summed E-state index contributed by atoms with van der Waals surface area (Å²) in [6.07, 6.45) is 5.04.